The van der Waals surface area contributed by atoms with Gasteiger partial charge in [-0.1, -0.05) is 30.8 Å². The van der Waals surface area contributed by atoms with E-state index in [2.05, 4.69) is 11.4 Å². The average Bonchev–Trinajstić information content (AvgIpc) is 2.98. The molecule has 0 aliphatic carbocycles. The highest BCUT2D eigenvalue weighted by molar-refractivity contribution is 8.00. The highest BCUT2D eigenvalue weighted by Gasteiger charge is 2.22. The zero-order chi connectivity index (χ0) is 21.1. The standard InChI is InChI=1S/C22H23N3O2S2/c1-6-18(21(26)25-22-16(11-23)13(3)14(4)28-22)29-19-10-12(2)15-8-7-9-17(27-5)20(15)24-19/h7-10,18H,6H2,1-5H3,(H,25,26). The number of fused-ring (bicyclic) bond motifs is 1. The number of carbonyl (C=O) groups is 1. The average molecular weight is 426 g/mol. The van der Waals surface area contributed by atoms with E-state index in [-0.39, 0.29) is 11.2 Å². The first kappa shape index (κ1) is 21.2. The van der Waals surface area contributed by atoms with Crippen molar-refractivity contribution in [3.63, 3.8) is 0 Å². The van der Waals surface area contributed by atoms with Crippen LogP contribution in [0.15, 0.2) is 29.3 Å². The van der Waals surface area contributed by atoms with Gasteiger partial charge in [-0.15, -0.1) is 11.3 Å². The molecule has 3 aromatic rings. The number of benzene rings is 1. The number of hydrogen-bond acceptors (Lipinski definition) is 6. The molecule has 29 heavy (non-hydrogen) atoms. The number of nitrogens with zero attached hydrogens (tertiary/aromatic N) is 2. The van der Waals surface area contributed by atoms with E-state index in [0.717, 1.165) is 31.9 Å². The maximum absolute atomic E-state index is 12.9. The Morgan fingerprint density at radius 1 is 1.38 bits per heavy atom. The topological polar surface area (TPSA) is 75.0 Å². The Bertz CT molecular complexity index is 1120. The molecule has 1 aromatic carbocycles. The van der Waals surface area contributed by atoms with E-state index in [4.69, 9.17) is 9.72 Å². The molecule has 1 atom stereocenters. The van der Waals surface area contributed by atoms with Crippen LogP contribution in [-0.2, 0) is 4.79 Å². The van der Waals surface area contributed by atoms with Crippen molar-refractivity contribution in [2.45, 2.75) is 44.4 Å². The van der Waals surface area contributed by atoms with Gasteiger partial charge in [0.15, 0.2) is 0 Å². The van der Waals surface area contributed by atoms with Gasteiger partial charge in [0, 0.05) is 10.3 Å². The van der Waals surface area contributed by atoms with Gasteiger partial charge in [-0.05, 0) is 50.5 Å². The van der Waals surface area contributed by atoms with Crippen molar-refractivity contribution in [3.8, 4) is 11.8 Å². The van der Waals surface area contributed by atoms with E-state index in [1.807, 2.05) is 52.0 Å². The molecule has 3 rings (SSSR count). The molecule has 0 saturated heterocycles. The lowest BCUT2D eigenvalue weighted by Crippen LogP contribution is -2.24. The van der Waals surface area contributed by atoms with E-state index in [1.54, 1.807) is 7.11 Å². The van der Waals surface area contributed by atoms with Gasteiger partial charge in [-0.25, -0.2) is 4.98 Å². The number of amides is 1. The van der Waals surface area contributed by atoms with Crippen LogP contribution in [0.25, 0.3) is 10.9 Å². The molecule has 1 N–H and O–H groups in total. The maximum atomic E-state index is 12.9. The van der Waals surface area contributed by atoms with E-state index in [0.29, 0.717) is 22.7 Å². The summed E-state index contributed by atoms with van der Waals surface area (Å²) in [6.45, 7) is 7.87. The second-order valence-corrected chi connectivity index (χ2v) is 9.18. The van der Waals surface area contributed by atoms with Gasteiger partial charge < -0.3 is 10.1 Å². The Morgan fingerprint density at radius 3 is 2.79 bits per heavy atom. The van der Waals surface area contributed by atoms with Crippen LogP contribution in [0.4, 0.5) is 5.00 Å². The third-order valence-corrected chi connectivity index (χ3v) is 7.27. The molecule has 0 fully saturated rings. The summed E-state index contributed by atoms with van der Waals surface area (Å²) < 4.78 is 5.45. The van der Waals surface area contributed by atoms with Gasteiger partial charge in [-0.3, -0.25) is 4.79 Å². The zero-order valence-electron chi connectivity index (χ0n) is 17.1. The molecular weight excluding hydrogens is 402 g/mol. The molecule has 0 aliphatic rings. The van der Waals surface area contributed by atoms with Crippen LogP contribution < -0.4 is 10.1 Å². The number of nitrogens with one attached hydrogen (secondary N) is 1. The van der Waals surface area contributed by atoms with Crippen molar-refractivity contribution in [2.75, 3.05) is 12.4 Å². The lowest BCUT2D eigenvalue weighted by Gasteiger charge is -2.15. The van der Waals surface area contributed by atoms with E-state index >= 15 is 0 Å². The van der Waals surface area contributed by atoms with Crippen LogP contribution in [0.1, 0.15) is 34.9 Å². The van der Waals surface area contributed by atoms with E-state index in [9.17, 15) is 10.1 Å². The van der Waals surface area contributed by atoms with Gasteiger partial charge in [0.25, 0.3) is 0 Å². The van der Waals surface area contributed by atoms with Crippen molar-refractivity contribution in [3.05, 3.63) is 45.8 Å². The largest absolute Gasteiger partial charge is 0.494 e. The molecule has 2 aromatic heterocycles. The Labute approximate surface area is 179 Å². The highest BCUT2D eigenvalue weighted by atomic mass is 32.2. The first-order valence-corrected chi connectivity index (χ1v) is 11.0. The van der Waals surface area contributed by atoms with Crippen molar-refractivity contribution in [1.29, 1.82) is 5.26 Å². The normalized spacial score (nSPS) is 11.9. The number of nitriles is 1. The molecule has 0 bridgehead atoms. The number of aryl methyl sites for hydroxylation is 2. The van der Waals surface area contributed by atoms with Crippen molar-refractivity contribution >= 4 is 44.9 Å². The van der Waals surface area contributed by atoms with Crippen LogP contribution in [-0.4, -0.2) is 23.3 Å². The third kappa shape index (κ3) is 4.24. The van der Waals surface area contributed by atoms with E-state index < -0.39 is 0 Å². The van der Waals surface area contributed by atoms with Crippen molar-refractivity contribution < 1.29 is 9.53 Å². The number of para-hydroxylation sites is 1. The second-order valence-electron chi connectivity index (χ2n) is 6.74. The summed E-state index contributed by atoms with van der Waals surface area (Å²) in [6, 6.07) is 10.1. The number of carbonyl (C=O) groups excluding carboxylic acids is 1. The van der Waals surface area contributed by atoms with Gasteiger partial charge in [0.2, 0.25) is 5.91 Å². The molecule has 5 nitrogen and oxygen atoms in total. The maximum Gasteiger partial charge on any atom is 0.238 e. The fraction of sp³-hybridized carbons (Fsp3) is 0.318. The Kier molecular flexibility index (Phi) is 6.46. The minimum atomic E-state index is -0.316. The molecule has 0 aliphatic heterocycles. The van der Waals surface area contributed by atoms with Gasteiger partial charge in [0.1, 0.15) is 22.3 Å². The van der Waals surface area contributed by atoms with Crippen LogP contribution in [0, 0.1) is 32.1 Å². The summed E-state index contributed by atoms with van der Waals surface area (Å²) in [6.07, 6.45) is 0.645. The first-order valence-electron chi connectivity index (χ1n) is 9.31. The van der Waals surface area contributed by atoms with Gasteiger partial charge in [0.05, 0.1) is 22.9 Å². The van der Waals surface area contributed by atoms with Crippen molar-refractivity contribution in [1.82, 2.24) is 4.98 Å². The van der Waals surface area contributed by atoms with E-state index in [1.165, 1.54) is 23.1 Å². The Hall–Kier alpha value is -2.56. The fourth-order valence-electron chi connectivity index (χ4n) is 3.10. The second kappa shape index (κ2) is 8.85. The number of pyridine rings is 1. The number of rotatable bonds is 6. The van der Waals surface area contributed by atoms with Crippen LogP contribution >= 0.6 is 23.1 Å². The molecule has 0 saturated carbocycles. The molecule has 1 unspecified atom stereocenters. The summed E-state index contributed by atoms with van der Waals surface area (Å²) in [5.74, 6) is 0.601. The molecule has 0 spiro atoms. The zero-order valence-corrected chi connectivity index (χ0v) is 18.8. The quantitative estimate of drug-likeness (QED) is 0.520. The lowest BCUT2D eigenvalue weighted by atomic mass is 10.1. The minimum Gasteiger partial charge on any atom is -0.494 e. The molecule has 7 heteroatoms. The minimum absolute atomic E-state index is 0.116. The molecule has 0 radical (unpaired) electrons. The Morgan fingerprint density at radius 2 is 2.14 bits per heavy atom. The number of aromatic nitrogens is 1. The van der Waals surface area contributed by atoms with Crippen LogP contribution in [0.5, 0.6) is 5.75 Å². The predicted octanol–water partition coefficient (Wildman–Crippen LogP) is 5.61. The molecule has 1 amide bonds. The summed E-state index contributed by atoms with van der Waals surface area (Å²) in [4.78, 5) is 18.7. The summed E-state index contributed by atoms with van der Waals surface area (Å²) >= 11 is 2.87. The molecule has 150 valence electrons. The SMILES string of the molecule is CCC(Sc1cc(C)c2cccc(OC)c2n1)C(=O)Nc1sc(C)c(C)c1C#N. The smallest absolute Gasteiger partial charge is 0.238 e. The number of thioether (sulfide) groups is 1. The monoisotopic (exact) mass is 425 g/mol. The predicted molar refractivity (Wildman–Crippen MR) is 120 cm³/mol. The number of methoxy groups -OCH3 is 1. The third-order valence-electron chi connectivity index (χ3n) is 4.87. The lowest BCUT2D eigenvalue weighted by molar-refractivity contribution is -0.115. The summed E-state index contributed by atoms with van der Waals surface area (Å²) in [5, 5.41) is 14.5. The van der Waals surface area contributed by atoms with Crippen molar-refractivity contribution in [2.24, 2.45) is 0 Å². The number of thiophene rings is 1. The fourth-order valence-corrected chi connectivity index (χ4v) is 5.12. The first-order chi connectivity index (χ1) is 13.9. The summed E-state index contributed by atoms with van der Waals surface area (Å²) in [5.41, 5.74) is 3.35. The molecule has 2 heterocycles. The number of ether oxygens (including phenoxy) is 1. The number of hydrogen-bond donors (Lipinski definition) is 1. The number of anilines is 1. The summed E-state index contributed by atoms with van der Waals surface area (Å²) in [7, 11) is 1.63. The van der Waals surface area contributed by atoms with Crippen LogP contribution in [0.3, 0.4) is 0 Å². The van der Waals surface area contributed by atoms with Gasteiger partial charge in [-0.2, -0.15) is 5.26 Å². The van der Waals surface area contributed by atoms with Gasteiger partial charge >= 0.3 is 0 Å². The van der Waals surface area contributed by atoms with Crippen LogP contribution in [0.2, 0.25) is 0 Å². The molecular formula is C22H23N3O2S2. The highest BCUT2D eigenvalue weighted by Crippen LogP contribution is 2.34. The Balaban J connectivity index is 1.87.